The molecule has 0 heterocycles. The maximum atomic E-state index is 11.9. The number of hydrogen-bond donors (Lipinski definition) is 2. The van der Waals surface area contributed by atoms with Gasteiger partial charge in [0.1, 0.15) is 0 Å². The fraction of sp³-hybridized carbons (Fsp3) is 0.316. The Balaban J connectivity index is 1.77. The number of benzene rings is 2. The molecule has 0 aromatic heterocycles. The molecule has 2 amide bonds. The number of nitrogens with zero attached hydrogens (tertiary/aromatic N) is 1. The number of hydrogen-bond acceptors (Lipinski definition) is 4. The predicted octanol–water partition coefficient (Wildman–Crippen LogP) is 2.30. The summed E-state index contributed by atoms with van der Waals surface area (Å²) in [6.07, 6.45) is 1.21. The number of nitrogens with one attached hydrogen (secondary N) is 2. The maximum absolute atomic E-state index is 11.9. The first-order valence-electron chi connectivity index (χ1n) is 8.26. The Morgan fingerprint density at radius 2 is 1.27 bits per heavy atom. The average molecular weight is 375 g/mol. The molecule has 0 saturated carbocycles. The SMILES string of the molecule is CN(C)c1ccc(CNC(=O)NCc2ccc(CS(C)(=O)=O)cc2)cc1. The smallest absolute Gasteiger partial charge is 0.315 e. The summed E-state index contributed by atoms with van der Waals surface area (Å²) in [5.74, 6) is 0.0216. The van der Waals surface area contributed by atoms with Gasteiger partial charge < -0.3 is 15.5 Å². The molecule has 0 atom stereocenters. The van der Waals surface area contributed by atoms with Gasteiger partial charge in [-0.15, -0.1) is 0 Å². The first-order chi connectivity index (χ1) is 12.2. The van der Waals surface area contributed by atoms with Gasteiger partial charge in [-0.3, -0.25) is 0 Å². The summed E-state index contributed by atoms with van der Waals surface area (Å²) in [6, 6.07) is 14.9. The number of sulfone groups is 1. The number of carbonyl (C=O) groups excluding carboxylic acids is 1. The summed E-state index contributed by atoms with van der Waals surface area (Å²) >= 11 is 0. The van der Waals surface area contributed by atoms with Crippen LogP contribution in [0.4, 0.5) is 10.5 Å². The number of rotatable bonds is 7. The summed E-state index contributed by atoms with van der Waals surface area (Å²) in [4.78, 5) is 13.9. The molecule has 0 aliphatic heterocycles. The normalized spacial score (nSPS) is 11.0. The molecule has 2 aromatic carbocycles. The topological polar surface area (TPSA) is 78.5 Å². The first kappa shape index (κ1) is 19.8. The van der Waals surface area contributed by atoms with Gasteiger partial charge in [0, 0.05) is 39.1 Å². The van der Waals surface area contributed by atoms with Crippen LogP contribution in [0.2, 0.25) is 0 Å². The van der Waals surface area contributed by atoms with Crippen LogP contribution in [0.5, 0.6) is 0 Å². The molecule has 0 bridgehead atoms. The van der Waals surface area contributed by atoms with Crippen molar-refractivity contribution >= 4 is 21.6 Å². The second-order valence-corrected chi connectivity index (χ2v) is 8.62. The third-order valence-electron chi connectivity index (χ3n) is 3.81. The zero-order valence-electron chi connectivity index (χ0n) is 15.3. The molecule has 26 heavy (non-hydrogen) atoms. The summed E-state index contributed by atoms with van der Waals surface area (Å²) in [5, 5.41) is 5.61. The molecule has 0 radical (unpaired) electrons. The zero-order valence-corrected chi connectivity index (χ0v) is 16.1. The summed E-state index contributed by atoms with van der Waals surface area (Å²) in [5.41, 5.74) is 3.78. The number of amides is 2. The molecule has 2 aromatic rings. The lowest BCUT2D eigenvalue weighted by atomic mass is 10.1. The average Bonchev–Trinajstić information content (AvgIpc) is 2.58. The van der Waals surface area contributed by atoms with E-state index in [1.807, 2.05) is 55.4 Å². The van der Waals surface area contributed by atoms with Crippen molar-refractivity contribution in [2.24, 2.45) is 0 Å². The summed E-state index contributed by atoms with van der Waals surface area (Å²) in [7, 11) is 0.922. The number of urea groups is 1. The second kappa shape index (κ2) is 8.71. The number of anilines is 1. The molecule has 0 unspecified atom stereocenters. The first-order valence-corrected chi connectivity index (χ1v) is 10.3. The van der Waals surface area contributed by atoms with Gasteiger partial charge in [-0.2, -0.15) is 0 Å². The Morgan fingerprint density at radius 3 is 1.69 bits per heavy atom. The Kier molecular flexibility index (Phi) is 6.63. The highest BCUT2D eigenvalue weighted by atomic mass is 32.2. The molecule has 2 rings (SSSR count). The fourth-order valence-electron chi connectivity index (χ4n) is 2.40. The van der Waals surface area contributed by atoms with E-state index in [0.717, 1.165) is 22.4 Å². The molecule has 0 fully saturated rings. The Labute approximate surface area is 155 Å². The van der Waals surface area contributed by atoms with Crippen LogP contribution in [0.25, 0.3) is 0 Å². The van der Waals surface area contributed by atoms with E-state index in [0.29, 0.717) is 13.1 Å². The van der Waals surface area contributed by atoms with Crippen LogP contribution in [-0.2, 0) is 28.7 Å². The van der Waals surface area contributed by atoms with Crippen molar-refractivity contribution in [1.82, 2.24) is 10.6 Å². The van der Waals surface area contributed by atoms with Gasteiger partial charge in [-0.05, 0) is 28.8 Å². The molecule has 2 N–H and O–H groups in total. The van der Waals surface area contributed by atoms with Crippen molar-refractivity contribution in [1.29, 1.82) is 0 Å². The van der Waals surface area contributed by atoms with Gasteiger partial charge in [-0.1, -0.05) is 36.4 Å². The summed E-state index contributed by atoms with van der Waals surface area (Å²) < 4.78 is 22.5. The van der Waals surface area contributed by atoms with Crippen molar-refractivity contribution in [3.8, 4) is 0 Å². The molecular weight excluding hydrogens is 350 g/mol. The predicted molar refractivity (Wildman–Crippen MR) is 105 cm³/mol. The van der Waals surface area contributed by atoms with Crippen molar-refractivity contribution in [2.45, 2.75) is 18.8 Å². The monoisotopic (exact) mass is 375 g/mol. The Hall–Kier alpha value is -2.54. The highest BCUT2D eigenvalue weighted by molar-refractivity contribution is 7.89. The molecule has 0 aliphatic rings. The minimum absolute atomic E-state index is 0.0216. The molecule has 140 valence electrons. The number of carbonyl (C=O) groups is 1. The Morgan fingerprint density at radius 1 is 0.846 bits per heavy atom. The standard InChI is InChI=1S/C19H25N3O3S/c1-22(2)18-10-8-16(9-11-18)13-21-19(23)20-12-15-4-6-17(7-5-15)14-26(3,24)25/h4-11H,12-14H2,1-3H3,(H2,20,21,23). The molecule has 7 heteroatoms. The van der Waals surface area contributed by atoms with Crippen molar-refractivity contribution < 1.29 is 13.2 Å². The van der Waals surface area contributed by atoms with Gasteiger partial charge in [0.05, 0.1) is 5.75 Å². The van der Waals surface area contributed by atoms with Gasteiger partial charge in [0.2, 0.25) is 0 Å². The minimum Gasteiger partial charge on any atom is -0.378 e. The summed E-state index contributed by atoms with van der Waals surface area (Å²) in [6.45, 7) is 0.831. The van der Waals surface area contributed by atoms with Gasteiger partial charge >= 0.3 is 6.03 Å². The van der Waals surface area contributed by atoms with E-state index in [1.165, 1.54) is 6.26 Å². The van der Waals surface area contributed by atoms with Crippen LogP contribution in [0.3, 0.4) is 0 Å². The second-order valence-electron chi connectivity index (χ2n) is 6.48. The zero-order chi connectivity index (χ0) is 19.2. The van der Waals surface area contributed by atoms with Crippen LogP contribution in [0, 0.1) is 0 Å². The quantitative estimate of drug-likeness (QED) is 0.778. The van der Waals surface area contributed by atoms with E-state index in [9.17, 15) is 13.2 Å². The molecule has 6 nitrogen and oxygen atoms in total. The van der Waals surface area contributed by atoms with E-state index >= 15 is 0 Å². The third kappa shape index (κ3) is 6.76. The largest absolute Gasteiger partial charge is 0.378 e. The highest BCUT2D eigenvalue weighted by Gasteiger charge is 2.05. The van der Waals surface area contributed by atoms with Crippen LogP contribution in [0.1, 0.15) is 16.7 Å². The van der Waals surface area contributed by atoms with Crippen molar-refractivity contribution in [2.75, 3.05) is 25.3 Å². The van der Waals surface area contributed by atoms with Crippen molar-refractivity contribution in [3.05, 3.63) is 65.2 Å². The van der Waals surface area contributed by atoms with E-state index in [4.69, 9.17) is 0 Å². The molecule has 0 saturated heterocycles. The fourth-order valence-corrected chi connectivity index (χ4v) is 3.19. The highest BCUT2D eigenvalue weighted by Crippen LogP contribution is 2.12. The molecule has 0 aliphatic carbocycles. The lowest BCUT2D eigenvalue weighted by molar-refractivity contribution is 0.240. The lowest BCUT2D eigenvalue weighted by Crippen LogP contribution is -2.34. The van der Waals surface area contributed by atoms with Crippen molar-refractivity contribution in [3.63, 3.8) is 0 Å². The van der Waals surface area contributed by atoms with Crippen LogP contribution in [-0.4, -0.2) is 34.8 Å². The van der Waals surface area contributed by atoms with Gasteiger partial charge in [0.25, 0.3) is 0 Å². The van der Waals surface area contributed by atoms with E-state index < -0.39 is 9.84 Å². The molecule has 0 spiro atoms. The van der Waals surface area contributed by atoms with E-state index in [-0.39, 0.29) is 11.8 Å². The Bertz CT molecular complexity index is 829. The van der Waals surface area contributed by atoms with Crippen LogP contribution >= 0.6 is 0 Å². The van der Waals surface area contributed by atoms with Gasteiger partial charge in [0.15, 0.2) is 9.84 Å². The lowest BCUT2D eigenvalue weighted by Gasteiger charge is -2.13. The van der Waals surface area contributed by atoms with E-state index in [1.54, 1.807) is 12.1 Å². The maximum Gasteiger partial charge on any atom is 0.315 e. The van der Waals surface area contributed by atoms with Crippen LogP contribution in [0.15, 0.2) is 48.5 Å². The third-order valence-corrected chi connectivity index (χ3v) is 4.67. The van der Waals surface area contributed by atoms with Crippen LogP contribution < -0.4 is 15.5 Å². The van der Waals surface area contributed by atoms with E-state index in [2.05, 4.69) is 10.6 Å². The van der Waals surface area contributed by atoms with Gasteiger partial charge in [-0.25, -0.2) is 13.2 Å². The minimum atomic E-state index is -3.04. The molecular formula is C19H25N3O3S.